The second kappa shape index (κ2) is 8.62. The number of hydrazine groups is 1. The van der Waals surface area contributed by atoms with Crippen LogP contribution in [0.25, 0.3) is 0 Å². The molecule has 160 valence electrons. The van der Waals surface area contributed by atoms with Crippen molar-refractivity contribution in [1.82, 2.24) is 10.4 Å². The number of benzene rings is 2. The van der Waals surface area contributed by atoms with Crippen LogP contribution in [0.2, 0.25) is 0 Å². The lowest BCUT2D eigenvalue weighted by atomic mass is 10.1. The summed E-state index contributed by atoms with van der Waals surface area (Å²) in [5, 5.41) is 5.34. The van der Waals surface area contributed by atoms with Crippen LogP contribution in [0.15, 0.2) is 59.8 Å². The molecule has 2 aromatic rings. The van der Waals surface area contributed by atoms with Crippen molar-refractivity contribution >= 4 is 11.7 Å². The Hall–Kier alpha value is -3.27. The van der Waals surface area contributed by atoms with Crippen molar-refractivity contribution in [1.29, 1.82) is 0 Å². The molecule has 0 radical (unpaired) electrons. The number of oxime groups is 1. The van der Waals surface area contributed by atoms with E-state index in [0.717, 1.165) is 17.7 Å². The predicted molar refractivity (Wildman–Crippen MR) is 101 cm³/mol. The number of alkyl halides is 3. The topological polar surface area (TPSA) is 72.4 Å². The summed E-state index contributed by atoms with van der Waals surface area (Å²) >= 11 is 0. The average Bonchev–Trinajstić information content (AvgIpc) is 2.96. The van der Waals surface area contributed by atoms with Gasteiger partial charge in [-0.2, -0.15) is 0 Å². The van der Waals surface area contributed by atoms with Crippen molar-refractivity contribution in [2.45, 2.75) is 32.5 Å². The molecule has 0 spiro atoms. The Morgan fingerprint density at radius 3 is 2.43 bits per heavy atom. The lowest BCUT2D eigenvalue weighted by Crippen LogP contribution is -2.55. The molecular formula is C20H20F3N3O4. The number of rotatable bonds is 7. The number of ether oxygens (including phenoxy) is 2. The molecule has 1 aliphatic heterocycles. The van der Waals surface area contributed by atoms with Crippen molar-refractivity contribution < 1.29 is 32.3 Å². The minimum absolute atomic E-state index is 0.201. The van der Waals surface area contributed by atoms with Gasteiger partial charge in [-0.1, -0.05) is 35.5 Å². The Balaban J connectivity index is 1.62. The molecule has 0 saturated carbocycles. The van der Waals surface area contributed by atoms with E-state index in [1.54, 1.807) is 13.8 Å². The molecule has 0 aromatic heterocycles. The van der Waals surface area contributed by atoms with Gasteiger partial charge < -0.3 is 14.3 Å². The van der Waals surface area contributed by atoms with Crippen LogP contribution in [0.1, 0.15) is 25.0 Å². The first-order valence-corrected chi connectivity index (χ1v) is 8.98. The second-order valence-electron chi connectivity index (χ2n) is 6.87. The van der Waals surface area contributed by atoms with Gasteiger partial charge in [0.05, 0.1) is 6.61 Å². The predicted octanol–water partition coefficient (Wildman–Crippen LogP) is 3.56. The monoisotopic (exact) mass is 423 g/mol. The average molecular weight is 423 g/mol. The van der Waals surface area contributed by atoms with Gasteiger partial charge in [0.25, 0.3) is 5.91 Å². The molecule has 0 atom stereocenters. The molecule has 0 unspecified atom stereocenters. The molecule has 0 fully saturated rings. The molecule has 2 aromatic carbocycles. The maximum absolute atomic E-state index is 12.3. The van der Waals surface area contributed by atoms with Crippen LogP contribution in [0.3, 0.4) is 0 Å². The van der Waals surface area contributed by atoms with Gasteiger partial charge in [0.2, 0.25) is 5.72 Å². The summed E-state index contributed by atoms with van der Waals surface area (Å²) in [6, 6.07) is 14.5. The van der Waals surface area contributed by atoms with Gasteiger partial charge in [0.1, 0.15) is 12.4 Å². The SMILES string of the molecule is CC1(C)ON=C(c2ccc(OC(F)(F)F)cc2)N1NC(=O)COCc1ccccc1. The fourth-order valence-electron chi connectivity index (χ4n) is 2.66. The molecule has 0 bridgehead atoms. The van der Waals surface area contributed by atoms with E-state index in [1.165, 1.54) is 17.1 Å². The summed E-state index contributed by atoms with van der Waals surface area (Å²) in [6.07, 6.45) is -4.78. The number of hydrogen-bond donors (Lipinski definition) is 1. The van der Waals surface area contributed by atoms with Crippen molar-refractivity contribution in [3.63, 3.8) is 0 Å². The van der Waals surface area contributed by atoms with Crippen LogP contribution in [0.5, 0.6) is 5.75 Å². The van der Waals surface area contributed by atoms with E-state index < -0.39 is 18.0 Å². The molecule has 30 heavy (non-hydrogen) atoms. The third-order valence-electron chi connectivity index (χ3n) is 4.03. The number of nitrogens with zero attached hydrogens (tertiary/aromatic N) is 2. The zero-order chi connectivity index (χ0) is 21.8. The van der Waals surface area contributed by atoms with Gasteiger partial charge in [-0.3, -0.25) is 10.2 Å². The summed E-state index contributed by atoms with van der Waals surface area (Å²) in [5.41, 5.74) is 3.01. The largest absolute Gasteiger partial charge is 0.573 e. The van der Waals surface area contributed by atoms with Crippen LogP contribution in [0, 0.1) is 0 Å². The highest BCUT2D eigenvalue weighted by Gasteiger charge is 2.40. The van der Waals surface area contributed by atoms with E-state index in [4.69, 9.17) is 9.57 Å². The van der Waals surface area contributed by atoms with Crippen LogP contribution >= 0.6 is 0 Å². The summed E-state index contributed by atoms with van der Waals surface area (Å²) in [7, 11) is 0. The lowest BCUT2D eigenvalue weighted by Gasteiger charge is -2.31. The zero-order valence-electron chi connectivity index (χ0n) is 16.3. The number of carbonyl (C=O) groups excluding carboxylic acids is 1. The summed E-state index contributed by atoms with van der Waals surface area (Å²) < 4.78 is 46.3. The quantitative estimate of drug-likeness (QED) is 0.737. The number of amides is 1. The van der Waals surface area contributed by atoms with E-state index in [9.17, 15) is 18.0 Å². The number of carbonyl (C=O) groups is 1. The molecule has 7 nitrogen and oxygen atoms in total. The van der Waals surface area contributed by atoms with Crippen molar-refractivity contribution in [2.24, 2.45) is 5.16 Å². The Kier molecular flexibility index (Phi) is 6.16. The first-order chi connectivity index (χ1) is 14.1. The third kappa shape index (κ3) is 5.63. The van der Waals surface area contributed by atoms with E-state index in [1.807, 2.05) is 30.3 Å². The molecule has 1 N–H and O–H groups in total. The normalized spacial score (nSPS) is 15.4. The Labute approximate surface area is 171 Å². The maximum Gasteiger partial charge on any atom is 0.573 e. The first-order valence-electron chi connectivity index (χ1n) is 8.98. The lowest BCUT2D eigenvalue weighted by molar-refractivity contribution is -0.274. The molecule has 10 heteroatoms. The minimum Gasteiger partial charge on any atom is -0.406 e. The molecule has 0 aliphatic carbocycles. The van der Waals surface area contributed by atoms with Gasteiger partial charge >= 0.3 is 6.36 Å². The first kappa shape index (κ1) is 21.4. The number of nitrogens with one attached hydrogen (secondary N) is 1. The van der Waals surface area contributed by atoms with Crippen LogP contribution < -0.4 is 10.2 Å². The summed E-state index contributed by atoms with van der Waals surface area (Å²) in [4.78, 5) is 17.7. The summed E-state index contributed by atoms with van der Waals surface area (Å²) in [5.74, 6) is -0.570. The van der Waals surface area contributed by atoms with Gasteiger partial charge in [-0.25, -0.2) is 5.01 Å². The Morgan fingerprint density at radius 1 is 1.13 bits per heavy atom. The Bertz CT molecular complexity index is 900. The maximum atomic E-state index is 12.3. The number of amidine groups is 1. The van der Waals surface area contributed by atoms with Gasteiger partial charge in [-0.15, -0.1) is 13.2 Å². The van der Waals surface area contributed by atoms with Crippen molar-refractivity contribution in [3.05, 3.63) is 65.7 Å². The highest BCUT2D eigenvalue weighted by molar-refractivity contribution is 6.00. The molecule has 1 aliphatic rings. The van der Waals surface area contributed by atoms with E-state index in [0.29, 0.717) is 5.56 Å². The zero-order valence-corrected chi connectivity index (χ0v) is 16.3. The molecule has 3 rings (SSSR count). The fraction of sp³-hybridized carbons (Fsp3) is 0.300. The third-order valence-corrected chi connectivity index (χ3v) is 4.03. The molecular weight excluding hydrogens is 403 g/mol. The summed E-state index contributed by atoms with van der Waals surface area (Å²) in [6.45, 7) is 3.42. The highest BCUT2D eigenvalue weighted by Crippen LogP contribution is 2.27. The number of halogens is 3. The van der Waals surface area contributed by atoms with Crippen LogP contribution in [-0.2, 0) is 21.0 Å². The van der Waals surface area contributed by atoms with Crippen LogP contribution in [-0.4, -0.2) is 35.4 Å². The van der Waals surface area contributed by atoms with E-state index >= 15 is 0 Å². The Morgan fingerprint density at radius 2 is 1.80 bits per heavy atom. The van der Waals surface area contributed by atoms with Gasteiger partial charge in [0, 0.05) is 5.56 Å². The minimum atomic E-state index is -4.78. The van der Waals surface area contributed by atoms with Gasteiger partial charge in [0.15, 0.2) is 5.84 Å². The van der Waals surface area contributed by atoms with Crippen molar-refractivity contribution in [3.8, 4) is 5.75 Å². The molecule has 1 heterocycles. The van der Waals surface area contributed by atoms with E-state index in [-0.39, 0.29) is 24.8 Å². The standard InChI is InChI=1S/C20H20F3N3O4/c1-19(2)26(24-17(27)13-28-12-14-6-4-3-5-7-14)18(25-30-19)15-8-10-16(11-9-15)29-20(21,22)23/h3-11H,12-13H2,1-2H3,(H,24,27). The smallest absolute Gasteiger partial charge is 0.406 e. The molecule has 0 saturated heterocycles. The van der Waals surface area contributed by atoms with Gasteiger partial charge in [-0.05, 0) is 43.7 Å². The fourth-order valence-corrected chi connectivity index (χ4v) is 2.66. The van der Waals surface area contributed by atoms with E-state index in [2.05, 4.69) is 15.3 Å². The molecule has 1 amide bonds. The number of hydrogen-bond acceptors (Lipinski definition) is 6. The highest BCUT2D eigenvalue weighted by atomic mass is 19.4. The van der Waals surface area contributed by atoms with Crippen LogP contribution in [0.4, 0.5) is 13.2 Å². The van der Waals surface area contributed by atoms with Crippen molar-refractivity contribution in [2.75, 3.05) is 6.61 Å². The second-order valence-corrected chi connectivity index (χ2v) is 6.87.